The van der Waals surface area contributed by atoms with Crippen molar-refractivity contribution in [3.05, 3.63) is 257 Å². The number of nitrogen functional groups attached to an aromatic ring is 4. The fourth-order valence-corrected chi connectivity index (χ4v) is 11.9. The number of methoxy groups -OCH3 is 5. The number of fused-ring (bicyclic) bond motifs is 4. The first-order chi connectivity index (χ1) is 56.0. The Kier molecular flexibility index (Phi) is 24.3. The van der Waals surface area contributed by atoms with Crippen LogP contribution in [0.1, 0.15) is 34.4 Å². The van der Waals surface area contributed by atoms with E-state index in [1.165, 1.54) is 19.2 Å². The molecule has 8 aromatic heterocycles. The molecule has 37 heteroatoms. The maximum Gasteiger partial charge on any atom is 0.416 e. The summed E-state index contributed by atoms with van der Waals surface area (Å²) in [5, 5.41) is 12.1. The van der Waals surface area contributed by atoms with E-state index in [9.17, 15) is 30.7 Å². The lowest BCUT2D eigenvalue weighted by Crippen LogP contribution is -2.12. The lowest BCUT2D eigenvalue weighted by molar-refractivity contribution is -0.137. The molecule has 0 radical (unpaired) electrons. The van der Waals surface area contributed by atoms with Gasteiger partial charge in [0.2, 0.25) is 47.1 Å². The van der Waals surface area contributed by atoms with Gasteiger partial charge in [-0.1, -0.05) is 77.8 Å². The van der Waals surface area contributed by atoms with Crippen LogP contribution in [0, 0.1) is 30.2 Å². The zero-order valence-electron chi connectivity index (χ0n) is 62.3. The van der Waals surface area contributed by atoms with Crippen molar-refractivity contribution in [1.82, 2.24) is 78.1 Å². The van der Waals surface area contributed by atoms with Crippen molar-refractivity contribution in [2.24, 2.45) is 0 Å². The molecular formula is C79H70ClF7N24O5. The van der Waals surface area contributed by atoms with E-state index in [1.807, 2.05) is 110 Å². The first-order valence-electron chi connectivity index (χ1n) is 34.9. The molecule has 592 valence electrons. The average Bonchev–Trinajstić information content (AvgIpc) is 1.63. The van der Waals surface area contributed by atoms with E-state index in [1.54, 1.807) is 113 Å². The van der Waals surface area contributed by atoms with Gasteiger partial charge in [-0.25, -0.2) is 19.9 Å². The van der Waals surface area contributed by atoms with Crippen LogP contribution in [-0.4, -0.2) is 114 Å². The van der Waals surface area contributed by atoms with Gasteiger partial charge in [-0.2, -0.15) is 70.6 Å². The highest BCUT2D eigenvalue weighted by Gasteiger charge is 2.31. The molecule has 0 atom stereocenters. The Bertz CT molecular complexity index is 6000. The van der Waals surface area contributed by atoms with E-state index >= 15 is 0 Å². The molecule has 0 aliphatic heterocycles. The van der Waals surface area contributed by atoms with E-state index in [0.29, 0.717) is 62.2 Å². The molecule has 116 heavy (non-hydrogen) atoms. The molecule has 0 amide bonds. The van der Waals surface area contributed by atoms with Gasteiger partial charge in [0.25, 0.3) is 0 Å². The van der Waals surface area contributed by atoms with Crippen LogP contribution >= 0.6 is 11.6 Å². The molecule has 0 saturated carbocycles. The number of rotatable bonds is 21. The number of aryl methyl sites for hydroxylation is 1. The summed E-state index contributed by atoms with van der Waals surface area (Å²) >= 11 is 5.90. The van der Waals surface area contributed by atoms with Crippen molar-refractivity contribution in [2.45, 2.75) is 39.5 Å². The molecule has 0 bridgehead atoms. The van der Waals surface area contributed by atoms with Gasteiger partial charge < -0.3 is 67.9 Å². The van der Waals surface area contributed by atoms with Crippen molar-refractivity contribution >= 4 is 125 Å². The molecule has 0 unspecified atom stereocenters. The summed E-state index contributed by atoms with van der Waals surface area (Å²) < 4.78 is 129. The normalized spacial score (nSPS) is 11.3. The summed E-state index contributed by atoms with van der Waals surface area (Å²) in [7, 11) is 7.79. The zero-order chi connectivity index (χ0) is 81.9. The molecule has 0 fully saturated rings. The van der Waals surface area contributed by atoms with E-state index in [-0.39, 0.29) is 96.6 Å². The number of anilines is 12. The standard InChI is InChI=1S/C20H16F4N6O.C20H19FN6O2.C20H19FN6O.C19H16ClFN6O/c1-31-10-15-27-13-4-2-3-5-14(13)30(15)19-28-17(25)16(21)18(29-19)26-12-8-6-11(7-9-12)20(22,23)24;1-28-11-16-24-14-5-3-4-6-15(14)27(16)20-25-18(22)17(21)19(26-20)23-12-7-9-13(29-2)10-8-12;1-12-7-9-13(10-8-12)23-19-17(21)18(22)25-20(26-19)27-15-6-4-3-5-14(15)24-16(27)11-28-2;1-28-10-15-24-13-4-2-3-5-14(13)27(15)19-25-17(22)16(21)18(26-19)23-12-8-6-11(20)7-9-12/h2-9H,10H2,1H3,(H3,25,26,28,29);3-10H,11H2,1-2H3,(H3,22,23,25,26);3-10H,11H2,1-2H3,(H3,22,23,25,26);2-9H,10H2,1H3,(H3,22,23,25,26). The van der Waals surface area contributed by atoms with Gasteiger partial charge in [-0.3, -0.25) is 18.3 Å². The predicted molar refractivity (Wildman–Crippen MR) is 427 cm³/mol. The molecule has 8 aromatic carbocycles. The van der Waals surface area contributed by atoms with Crippen molar-refractivity contribution in [1.29, 1.82) is 0 Å². The third-order valence-corrected chi connectivity index (χ3v) is 17.4. The zero-order valence-corrected chi connectivity index (χ0v) is 63.1. The molecule has 12 N–H and O–H groups in total. The highest BCUT2D eigenvalue weighted by Crippen LogP contribution is 2.35. The van der Waals surface area contributed by atoms with Crippen molar-refractivity contribution in [3.63, 3.8) is 0 Å². The summed E-state index contributed by atoms with van der Waals surface area (Å²) in [6.45, 7) is 2.82. The second-order valence-corrected chi connectivity index (χ2v) is 25.5. The van der Waals surface area contributed by atoms with Gasteiger partial charge in [0.1, 0.15) is 55.5 Å². The average molecular weight is 1600 g/mol. The number of nitrogens with two attached hydrogens (primary N) is 4. The van der Waals surface area contributed by atoms with Gasteiger partial charge in [-0.15, -0.1) is 0 Å². The monoisotopic (exact) mass is 1600 g/mol. The number of para-hydroxylation sites is 8. The fourth-order valence-electron chi connectivity index (χ4n) is 11.8. The van der Waals surface area contributed by atoms with Crippen molar-refractivity contribution in [2.75, 3.05) is 79.8 Å². The Morgan fingerprint density at radius 1 is 0.336 bits per heavy atom. The second kappa shape index (κ2) is 35.2. The Hall–Kier alpha value is -14.2. The third-order valence-electron chi connectivity index (χ3n) is 17.1. The molecule has 0 aliphatic carbocycles. The van der Waals surface area contributed by atoms with Crippen LogP contribution < -0.4 is 48.9 Å². The van der Waals surface area contributed by atoms with E-state index < -0.39 is 40.8 Å². The number of hydrogen-bond donors (Lipinski definition) is 8. The quantitative estimate of drug-likeness (QED) is 0.0310. The minimum absolute atomic E-state index is 0.00694. The van der Waals surface area contributed by atoms with E-state index in [0.717, 1.165) is 50.8 Å². The minimum Gasteiger partial charge on any atom is -0.497 e. The first kappa shape index (κ1) is 79.9. The molecule has 16 aromatic rings. The number of nitrogens with one attached hydrogen (secondary N) is 4. The van der Waals surface area contributed by atoms with Gasteiger partial charge in [0.15, 0.2) is 46.5 Å². The largest absolute Gasteiger partial charge is 0.497 e. The van der Waals surface area contributed by atoms with Gasteiger partial charge in [-0.05, 0) is 140 Å². The first-order valence-corrected chi connectivity index (χ1v) is 35.3. The van der Waals surface area contributed by atoms with Gasteiger partial charge in [0, 0.05) is 56.2 Å². The molecule has 0 saturated heterocycles. The summed E-state index contributed by atoms with van der Waals surface area (Å²) in [5.41, 5.74) is 31.5. The smallest absolute Gasteiger partial charge is 0.416 e. The van der Waals surface area contributed by atoms with Crippen LogP contribution in [0.2, 0.25) is 5.02 Å². The molecule has 8 heterocycles. The number of imidazole rings is 4. The predicted octanol–water partition coefficient (Wildman–Crippen LogP) is 15.7. The molecule has 29 nitrogen and oxygen atoms in total. The third kappa shape index (κ3) is 17.8. The fraction of sp³-hybridized carbons (Fsp3) is 0.139. The molecular weight excluding hydrogens is 1530 g/mol. The SMILES string of the molecule is COCc1nc2ccccc2n1-c1nc(N)c(F)c(Nc2ccc(C(F)(F)F)cc2)n1.COCc1nc2ccccc2n1-c1nc(N)c(F)c(Nc2ccc(C)cc2)n1.COCc1nc2ccccc2n1-c1nc(N)c(F)c(Nc2ccc(Cl)cc2)n1.COCc1nc2ccccc2n1-c1nc(N)c(F)c(Nc2ccc(OC)cc2)n1. The maximum absolute atomic E-state index is 14.6. The highest BCUT2D eigenvalue weighted by molar-refractivity contribution is 6.30. The number of halogens is 8. The summed E-state index contributed by atoms with van der Waals surface area (Å²) in [4.78, 5) is 51.8. The number of hydrogen-bond acceptors (Lipinski definition) is 25. The number of aromatic nitrogens is 16. The minimum atomic E-state index is -4.48. The number of ether oxygens (including phenoxy) is 5. The molecule has 0 aliphatic rings. The maximum atomic E-state index is 14.6. The number of nitrogens with zero attached hydrogens (tertiary/aromatic N) is 16. The second-order valence-electron chi connectivity index (χ2n) is 25.1. The summed E-state index contributed by atoms with van der Waals surface area (Å²) in [5.74, 6) is -1.18. The van der Waals surface area contributed by atoms with Crippen LogP contribution in [0.3, 0.4) is 0 Å². The number of benzene rings is 8. The van der Waals surface area contributed by atoms with Gasteiger partial charge in [0.05, 0.1) is 56.8 Å². The van der Waals surface area contributed by atoms with Crippen LogP contribution in [0.25, 0.3) is 67.9 Å². The van der Waals surface area contributed by atoms with Crippen LogP contribution in [0.15, 0.2) is 194 Å². The van der Waals surface area contributed by atoms with E-state index in [2.05, 4.69) is 81.1 Å². The van der Waals surface area contributed by atoms with Crippen molar-refractivity contribution in [3.8, 4) is 29.5 Å². The Morgan fingerprint density at radius 3 is 0.845 bits per heavy atom. The van der Waals surface area contributed by atoms with Crippen molar-refractivity contribution < 1.29 is 54.4 Å². The van der Waals surface area contributed by atoms with Crippen LogP contribution in [0.4, 0.5) is 100 Å². The molecule has 0 spiro atoms. The van der Waals surface area contributed by atoms with E-state index in [4.69, 9.17) is 58.2 Å². The Labute approximate surface area is 660 Å². The lowest BCUT2D eigenvalue weighted by atomic mass is 10.2. The Balaban J connectivity index is 0.000000135. The van der Waals surface area contributed by atoms with Gasteiger partial charge >= 0.3 is 6.18 Å². The Morgan fingerprint density at radius 2 is 0.586 bits per heavy atom. The molecule has 16 rings (SSSR count). The number of alkyl halides is 3. The van der Waals surface area contributed by atoms with Crippen LogP contribution in [-0.2, 0) is 51.6 Å². The van der Waals surface area contributed by atoms with Crippen LogP contribution in [0.5, 0.6) is 5.75 Å². The topological polar surface area (TPSA) is 373 Å². The summed E-state index contributed by atoms with van der Waals surface area (Å²) in [6.07, 6.45) is -4.48. The lowest BCUT2D eigenvalue weighted by Gasteiger charge is -2.13. The highest BCUT2D eigenvalue weighted by atomic mass is 35.5. The summed E-state index contributed by atoms with van der Waals surface area (Å²) in [6, 6.07) is 55.2.